The van der Waals surface area contributed by atoms with E-state index in [0.29, 0.717) is 18.2 Å². The van der Waals surface area contributed by atoms with E-state index in [4.69, 9.17) is 9.84 Å². The number of carboxylic acid groups (broad SMARTS) is 1. The molecule has 0 atom stereocenters. The van der Waals surface area contributed by atoms with Gasteiger partial charge < -0.3 is 9.84 Å². The van der Waals surface area contributed by atoms with Gasteiger partial charge in [0.1, 0.15) is 12.2 Å². The first kappa shape index (κ1) is 14.0. The zero-order chi connectivity index (χ0) is 14.5. The normalized spacial score (nSPS) is 10.8. The van der Waals surface area contributed by atoms with E-state index in [2.05, 4.69) is 29.4 Å². The maximum absolute atomic E-state index is 10.7. The van der Waals surface area contributed by atoms with E-state index < -0.39 is 5.97 Å². The molecule has 1 N–H and O–H groups in total. The van der Waals surface area contributed by atoms with Crippen LogP contribution in [-0.2, 0) is 11.2 Å². The van der Waals surface area contributed by atoms with Crippen molar-refractivity contribution in [3.63, 3.8) is 0 Å². The van der Waals surface area contributed by atoms with Gasteiger partial charge in [-0.15, -0.1) is 5.10 Å². The molecule has 0 bridgehead atoms. The molecule has 0 spiro atoms. The van der Waals surface area contributed by atoms with Crippen molar-refractivity contribution in [1.29, 1.82) is 0 Å². The van der Waals surface area contributed by atoms with Crippen LogP contribution in [-0.4, -0.2) is 37.9 Å². The molecule has 0 unspecified atom stereocenters. The van der Waals surface area contributed by atoms with Crippen LogP contribution < -0.4 is 4.74 Å². The van der Waals surface area contributed by atoms with Gasteiger partial charge in [0.2, 0.25) is 0 Å². The van der Waals surface area contributed by atoms with Gasteiger partial charge in [-0.1, -0.05) is 13.8 Å². The summed E-state index contributed by atoms with van der Waals surface area (Å²) in [5.74, 6) is 0.526. The van der Waals surface area contributed by atoms with Gasteiger partial charge in [0, 0.05) is 0 Å². The third kappa shape index (κ3) is 3.53. The van der Waals surface area contributed by atoms with Gasteiger partial charge in [-0.25, -0.2) is 0 Å². The Morgan fingerprint density at radius 3 is 2.65 bits per heavy atom. The molecule has 0 aliphatic heterocycles. The fourth-order valence-electron chi connectivity index (χ4n) is 1.60. The first-order valence-electron chi connectivity index (χ1n) is 6.28. The summed E-state index contributed by atoms with van der Waals surface area (Å²) >= 11 is 0. The molecule has 106 valence electrons. The first-order chi connectivity index (χ1) is 9.56. The lowest BCUT2D eigenvalue weighted by atomic mass is 10.2. The molecular formula is C13H16N4O3. The summed E-state index contributed by atoms with van der Waals surface area (Å²) in [5, 5.41) is 19.8. The van der Waals surface area contributed by atoms with Crippen LogP contribution in [0.25, 0.3) is 5.69 Å². The van der Waals surface area contributed by atoms with Crippen molar-refractivity contribution < 1.29 is 14.6 Å². The van der Waals surface area contributed by atoms with Crippen LogP contribution in [0.3, 0.4) is 0 Å². The predicted molar refractivity (Wildman–Crippen MR) is 70.8 cm³/mol. The summed E-state index contributed by atoms with van der Waals surface area (Å²) in [6.45, 7) is 4.80. The van der Waals surface area contributed by atoms with E-state index in [9.17, 15) is 4.79 Å². The van der Waals surface area contributed by atoms with E-state index in [1.807, 2.05) is 12.1 Å². The van der Waals surface area contributed by atoms with Gasteiger partial charge in [0.05, 0.1) is 12.3 Å². The molecule has 2 rings (SSSR count). The summed E-state index contributed by atoms with van der Waals surface area (Å²) in [6, 6.07) is 7.20. The number of tetrazole rings is 1. The lowest BCUT2D eigenvalue weighted by Crippen LogP contribution is -2.09. The number of aliphatic carboxylic acids is 1. The number of rotatable bonds is 6. The number of carbonyl (C=O) groups is 1. The fourth-order valence-corrected chi connectivity index (χ4v) is 1.60. The number of ether oxygens (including phenoxy) is 1. The second-order valence-electron chi connectivity index (χ2n) is 4.78. The maximum atomic E-state index is 10.7. The molecule has 1 heterocycles. The van der Waals surface area contributed by atoms with Crippen molar-refractivity contribution >= 4 is 5.97 Å². The zero-order valence-electron chi connectivity index (χ0n) is 11.4. The molecule has 7 heteroatoms. The van der Waals surface area contributed by atoms with Gasteiger partial charge in [0.15, 0.2) is 5.82 Å². The highest BCUT2D eigenvalue weighted by atomic mass is 16.5. The Bertz CT molecular complexity index is 578. The lowest BCUT2D eigenvalue weighted by Gasteiger charge is -2.09. The largest absolute Gasteiger partial charge is 0.493 e. The van der Waals surface area contributed by atoms with Gasteiger partial charge in [-0.2, -0.15) is 4.68 Å². The van der Waals surface area contributed by atoms with Crippen LogP contribution in [0.2, 0.25) is 0 Å². The summed E-state index contributed by atoms with van der Waals surface area (Å²) < 4.78 is 6.98. The van der Waals surface area contributed by atoms with E-state index in [1.165, 1.54) is 4.68 Å². The van der Waals surface area contributed by atoms with E-state index in [1.54, 1.807) is 12.1 Å². The van der Waals surface area contributed by atoms with Crippen molar-refractivity contribution in [1.82, 2.24) is 20.2 Å². The van der Waals surface area contributed by atoms with E-state index >= 15 is 0 Å². The van der Waals surface area contributed by atoms with Crippen molar-refractivity contribution in [3.8, 4) is 11.4 Å². The molecule has 0 aliphatic rings. The average Bonchev–Trinajstić information content (AvgIpc) is 2.84. The fraction of sp³-hybridized carbons (Fsp3) is 0.385. The molecule has 1 aromatic carbocycles. The van der Waals surface area contributed by atoms with Crippen molar-refractivity contribution in [2.24, 2.45) is 5.92 Å². The molecule has 7 nitrogen and oxygen atoms in total. The number of carboxylic acids is 1. The van der Waals surface area contributed by atoms with E-state index in [0.717, 1.165) is 5.75 Å². The quantitative estimate of drug-likeness (QED) is 0.855. The van der Waals surface area contributed by atoms with Gasteiger partial charge >= 0.3 is 5.97 Å². The Morgan fingerprint density at radius 1 is 1.35 bits per heavy atom. The Balaban J connectivity index is 2.13. The molecule has 20 heavy (non-hydrogen) atoms. The number of hydrogen-bond donors (Lipinski definition) is 1. The molecule has 1 aromatic heterocycles. The van der Waals surface area contributed by atoms with Gasteiger partial charge in [-0.05, 0) is 40.6 Å². The Morgan fingerprint density at radius 2 is 2.05 bits per heavy atom. The van der Waals surface area contributed by atoms with Crippen LogP contribution in [0.15, 0.2) is 24.3 Å². The SMILES string of the molecule is CC(C)COc1ccc(-n2nnnc2CC(=O)O)cc1. The summed E-state index contributed by atoms with van der Waals surface area (Å²) in [7, 11) is 0. The maximum Gasteiger partial charge on any atom is 0.311 e. The molecule has 0 saturated carbocycles. The summed E-state index contributed by atoms with van der Waals surface area (Å²) in [4.78, 5) is 10.7. The van der Waals surface area contributed by atoms with Crippen LogP contribution in [0, 0.1) is 5.92 Å². The monoisotopic (exact) mass is 276 g/mol. The molecule has 0 aliphatic carbocycles. The summed E-state index contributed by atoms with van der Waals surface area (Å²) in [5.41, 5.74) is 0.697. The Hall–Kier alpha value is -2.44. The summed E-state index contributed by atoms with van der Waals surface area (Å²) in [6.07, 6.45) is -0.224. The average molecular weight is 276 g/mol. The predicted octanol–water partition coefficient (Wildman–Crippen LogP) is 1.32. The van der Waals surface area contributed by atoms with Crippen molar-refractivity contribution in [2.45, 2.75) is 20.3 Å². The van der Waals surface area contributed by atoms with Gasteiger partial charge in [0.25, 0.3) is 0 Å². The van der Waals surface area contributed by atoms with Gasteiger partial charge in [-0.3, -0.25) is 4.79 Å². The number of hydrogen-bond acceptors (Lipinski definition) is 5. The highest BCUT2D eigenvalue weighted by molar-refractivity contribution is 5.69. The number of aromatic nitrogens is 4. The van der Waals surface area contributed by atoms with Crippen LogP contribution in [0.4, 0.5) is 0 Å². The van der Waals surface area contributed by atoms with Crippen LogP contribution in [0.5, 0.6) is 5.75 Å². The molecule has 0 radical (unpaired) electrons. The second-order valence-corrected chi connectivity index (χ2v) is 4.78. The van der Waals surface area contributed by atoms with Crippen molar-refractivity contribution in [2.75, 3.05) is 6.61 Å². The van der Waals surface area contributed by atoms with Crippen LogP contribution >= 0.6 is 0 Å². The smallest absolute Gasteiger partial charge is 0.311 e. The molecule has 0 amide bonds. The van der Waals surface area contributed by atoms with Crippen LogP contribution in [0.1, 0.15) is 19.7 Å². The Labute approximate surface area is 116 Å². The third-order valence-electron chi connectivity index (χ3n) is 2.51. The Kier molecular flexibility index (Phi) is 4.29. The highest BCUT2D eigenvalue weighted by Crippen LogP contribution is 2.16. The number of nitrogens with zero attached hydrogens (tertiary/aromatic N) is 4. The minimum absolute atomic E-state index is 0.224. The third-order valence-corrected chi connectivity index (χ3v) is 2.51. The molecule has 2 aromatic rings. The lowest BCUT2D eigenvalue weighted by molar-refractivity contribution is -0.136. The standard InChI is InChI=1S/C13H16N4O3/c1-9(2)8-20-11-5-3-10(4-6-11)17-12(7-13(18)19)14-15-16-17/h3-6,9H,7-8H2,1-2H3,(H,18,19). The minimum atomic E-state index is -0.974. The second kappa shape index (κ2) is 6.14. The van der Waals surface area contributed by atoms with Crippen molar-refractivity contribution in [3.05, 3.63) is 30.1 Å². The van der Waals surface area contributed by atoms with E-state index in [-0.39, 0.29) is 12.2 Å². The highest BCUT2D eigenvalue weighted by Gasteiger charge is 2.11. The topological polar surface area (TPSA) is 90.1 Å². The molecule has 0 saturated heterocycles. The number of benzene rings is 1. The molecule has 0 fully saturated rings. The zero-order valence-corrected chi connectivity index (χ0v) is 11.4. The minimum Gasteiger partial charge on any atom is -0.493 e. The first-order valence-corrected chi connectivity index (χ1v) is 6.28. The molecular weight excluding hydrogens is 260 g/mol.